The van der Waals surface area contributed by atoms with Crippen LogP contribution in [-0.4, -0.2) is 23.2 Å². The Morgan fingerprint density at radius 3 is 2.70 bits per heavy atom. The van der Waals surface area contributed by atoms with E-state index in [1.165, 1.54) is 40.4 Å². The molecule has 1 amide bonds. The SMILES string of the molecule is Cc1ccc(C(=O)CCC(=O)NCCCc2nc3c(s2)CCCC3)cc1C. The van der Waals surface area contributed by atoms with E-state index in [9.17, 15) is 9.59 Å². The zero-order valence-electron chi connectivity index (χ0n) is 16.3. The summed E-state index contributed by atoms with van der Waals surface area (Å²) >= 11 is 1.84. The predicted molar refractivity (Wildman–Crippen MR) is 110 cm³/mol. The van der Waals surface area contributed by atoms with Gasteiger partial charge in [0.15, 0.2) is 5.78 Å². The maximum Gasteiger partial charge on any atom is 0.220 e. The second kappa shape index (κ2) is 9.27. The minimum Gasteiger partial charge on any atom is -0.356 e. The summed E-state index contributed by atoms with van der Waals surface area (Å²) in [5.74, 6) is -0.0211. The highest BCUT2D eigenvalue weighted by Crippen LogP contribution is 2.27. The van der Waals surface area contributed by atoms with Crippen molar-refractivity contribution in [3.05, 3.63) is 50.5 Å². The number of benzene rings is 1. The molecule has 0 saturated carbocycles. The number of aromatic nitrogens is 1. The molecule has 0 spiro atoms. The van der Waals surface area contributed by atoms with Crippen LogP contribution in [0.4, 0.5) is 0 Å². The number of nitrogens with one attached hydrogen (secondary N) is 1. The van der Waals surface area contributed by atoms with Crippen LogP contribution in [0, 0.1) is 13.8 Å². The standard InChI is InChI=1S/C22H28N2O2S/c1-15-9-10-17(14-16(15)2)19(25)11-12-21(26)23-13-5-8-22-24-18-6-3-4-7-20(18)27-22/h9-10,14H,3-8,11-13H2,1-2H3,(H,23,26). The van der Waals surface area contributed by atoms with Gasteiger partial charge in [0.1, 0.15) is 0 Å². The van der Waals surface area contributed by atoms with Crippen LogP contribution >= 0.6 is 11.3 Å². The van der Waals surface area contributed by atoms with E-state index in [2.05, 4.69) is 5.32 Å². The third-order valence-corrected chi connectivity index (χ3v) is 6.40. The van der Waals surface area contributed by atoms with Gasteiger partial charge in [-0.3, -0.25) is 9.59 Å². The number of aryl methyl sites for hydroxylation is 5. The van der Waals surface area contributed by atoms with Crippen molar-refractivity contribution in [3.63, 3.8) is 0 Å². The van der Waals surface area contributed by atoms with Crippen molar-refractivity contribution in [2.24, 2.45) is 0 Å². The number of carbonyl (C=O) groups excluding carboxylic acids is 2. The van der Waals surface area contributed by atoms with Gasteiger partial charge in [-0.05, 0) is 63.1 Å². The number of ketones is 1. The Hall–Kier alpha value is -2.01. The zero-order chi connectivity index (χ0) is 19.2. The summed E-state index contributed by atoms with van der Waals surface area (Å²) in [6.07, 6.45) is 7.15. The molecule has 2 aromatic rings. The highest BCUT2D eigenvalue weighted by molar-refractivity contribution is 7.11. The van der Waals surface area contributed by atoms with Crippen LogP contribution in [0.1, 0.15) is 69.2 Å². The Bertz CT molecular complexity index is 802. The molecule has 0 fully saturated rings. The van der Waals surface area contributed by atoms with E-state index in [0.29, 0.717) is 12.1 Å². The van der Waals surface area contributed by atoms with Crippen molar-refractivity contribution in [2.75, 3.05) is 6.54 Å². The number of thiazole rings is 1. The monoisotopic (exact) mass is 384 g/mol. The van der Waals surface area contributed by atoms with Crippen molar-refractivity contribution in [1.82, 2.24) is 10.3 Å². The first kappa shape index (κ1) is 19.7. The molecule has 0 unspecified atom stereocenters. The lowest BCUT2D eigenvalue weighted by Gasteiger charge is -2.06. The topological polar surface area (TPSA) is 59.1 Å². The number of fused-ring (bicyclic) bond motifs is 1. The van der Waals surface area contributed by atoms with Crippen molar-refractivity contribution in [2.45, 2.75) is 65.2 Å². The second-order valence-electron chi connectivity index (χ2n) is 7.36. The van der Waals surface area contributed by atoms with E-state index in [1.807, 2.05) is 43.4 Å². The summed E-state index contributed by atoms with van der Waals surface area (Å²) in [6, 6.07) is 5.71. The number of Topliss-reactive ketones (excluding diaryl/α,β-unsaturated/α-hetero) is 1. The van der Waals surface area contributed by atoms with E-state index >= 15 is 0 Å². The molecule has 1 heterocycles. The predicted octanol–water partition coefficient (Wildman–Crippen LogP) is 4.35. The Morgan fingerprint density at radius 1 is 1.11 bits per heavy atom. The summed E-state index contributed by atoms with van der Waals surface area (Å²) in [6.45, 7) is 4.66. The number of hydrogen-bond acceptors (Lipinski definition) is 4. The van der Waals surface area contributed by atoms with Gasteiger partial charge in [0, 0.05) is 36.2 Å². The lowest BCUT2D eigenvalue weighted by atomic mass is 10.0. The van der Waals surface area contributed by atoms with Crippen LogP contribution in [0.15, 0.2) is 18.2 Å². The molecular weight excluding hydrogens is 356 g/mol. The highest BCUT2D eigenvalue weighted by Gasteiger charge is 2.15. The lowest BCUT2D eigenvalue weighted by molar-refractivity contribution is -0.121. The van der Waals surface area contributed by atoms with Crippen molar-refractivity contribution >= 4 is 23.0 Å². The van der Waals surface area contributed by atoms with E-state index in [4.69, 9.17) is 4.98 Å². The minimum absolute atomic E-state index is 0.0293. The van der Waals surface area contributed by atoms with E-state index in [1.54, 1.807) is 0 Å². The molecule has 1 aliphatic carbocycles. The van der Waals surface area contributed by atoms with Gasteiger partial charge in [-0.25, -0.2) is 4.98 Å². The van der Waals surface area contributed by atoms with Crippen molar-refractivity contribution < 1.29 is 9.59 Å². The molecule has 0 bridgehead atoms. The maximum absolute atomic E-state index is 12.2. The first-order valence-electron chi connectivity index (χ1n) is 9.87. The average molecular weight is 385 g/mol. The van der Waals surface area contributed by atoms with Gasteiger partial charge >= 0.3 is 0 Å². The normalized spacial score (nSPS) is 13.3. The zero-order valence-corrected chi connectivity index (χ0v) is 17.1. The third kappa shape index (κ3) is 5.48. The maximum atomic E-state index is 12.2. The largest absolute Gasteiger partial charge is 0.356 e. The number of rotatable bonds is 8. The van der Waals surface area contributed by atoms with Crippen molar-refractivity contribution in [3.8, 4) is 0 Å². The highest BCUT2D eigenvalue weighted by atomic mass is 32.1. The van der Waals surface area contributed by atoms with Crippen molar-refractivity contribution in [1.29, 1.82) is 0 Å². The first-order valence-corrected chi connectivity index (χ1v) is 10.7. The molecule has 4 nitrogen and oxygen atoms in total. The van der Waals surface area contributed by atoms with Gasteiger partial charge < -0.3 is 5.32 Å². The lowest BCUT2D eigenvalue weighted by Crippen LogP contribution is -2.25. The molecule has 1 aliphatic rings. The van der Waals surface area contributed by atoms with Crippen LogP contribution in [-0.2, 0) is 24.1 Å². The van der Waals surface area contributed by atoms with E-state index < -0.39 is 0 Å². The molecule has 144 valence electrons. The van der Waals surface area contributed by atoms with Gasteiger partial charge in [0.2, 0.25) is 5.91 Å². The fraction of sp³-hybridized carbons (Fsp3) is 0.500. The average Bonchev–Trinajstić information content (AvgIpc) is 3.08. The van der Waals surface area contributed by atoms with E-state index in [-0.39, 0.29) is 24.5 Å². The summed E-state index contributed by atoms with van der Waals surface area (Å²) in [5, 5.41) is 4.12. The fourth-order valence-corrected chi connectivity index (χ4v) is 4.55. The Kier molecular flexibility index (Phi) is 6.78. The van der Waals surface area contributed by atoms with Crippen LogP contribution in [0.2, 0.25) is 0 Å². The molecule has 1 aromatic heterocycles. The summed E-state index contributed by atoms with van der Waals surface area (Å²) < 4.78 is 0. The van der Waals surface area contributed by atoms with Crippen LogP contribution in [0.25, 0.3) is 0 Å². The Labute approximate surface area is 165 Å². The van der Waals surface area contributed by atoms with Gasteiger partial charge in [0.05, 0.1) is 10.7 Å². The Balaban J connectivity index is 1.35. The molecular formula is C22H28N2O2S. The molecule has 0 atom stereocenters. The first-order chi connectivity index (χ1) is 13.0. The summed E-state index contributed by atoms with van der Waals surface area (Å²) in [4.78, 5) is 30.4. The van der Waals surface area contributed by atoms with Crippen LogP contribution in [0.5, 0.6) is 0 Å². The Morgan fingerprint density at radius 2 is 1.93 bits per heavy atom. The van der Waals surface area contributed by atoms with Crippen LogP contribution in [0.3, 0.4) is 0 Å². The van der Waals surface area contributed by atoms with Gasteiger partial charge in [-0.15, -0.1) is 11.3 Å². The second-order valence-corrected chi connectivity index (χ2v) is 8.53. The fourth-order valence-electron chi connectivity index (χ4n) is 3.35. The van der Waals surface area contributed by atoms with E-state index in [0.717, 1.165) is 24.8 Å². The molecule has 3 rings (SSSR count). The summed E-state index contributed by atoms with van der Waals surface area (Å²) in [7, 11) is 0. The van der Waals surface area contributed by atoms with Gasteiger partial charge in [-0.1, -0.05) is 12.1 Å². The quantitative estimate of drug-likeness (QED) is 0.544. The number of carbonyl (C=O) groups is 2. The summed E-state index contributed by atoms with van der Waals surface area (Å²) in [5.41, 5.74) is 4.27. The molecule has 27 heavy (non-hydrogen) atoms. The molecule has 1 N–H and O–H groups in total. The minimum atomic E-state index is -0.0504. The molecule has 0 radical (unpaired) electrons. The number of nitrogens with zero attached hydrogens (tertiary/aromatic N) is 1. The smallest absolute Gasteiger partial charge is 0.220 e. The number of amides is 1. The molecule has 5 heteroatoms. The number of hydrogen-bond donors (Lipinski definition) is 1. The van der Waals surface area contributed by atoms with Gasteiger partial charge in [0.25, 0.3) is 0 Å². The molecule has 0 aliphatic heterocycles. The van der Waals surface area contributed by atoms with Crippen LogP contribution < -0.4 is 5.32 Å². The third-order valence-electron chi connectivity index (χ3n) is 5.19. The molecule has 1 aromatic carbocycles. The van der Waals surface area contributed by atoms with Gasteiger partial charge in [-0.2, -0.15) is 0 Å². The molecule has 0 saturated heterocycles.